The van der Waals surface area contributed by atoms with Crippen LogP contribution in [0.1, 0.15) is 39.5 Å². The average molecular weight is 198 g/mol. The summed E-state index contributed by atoms with van der Waals surface area (Å²) in [5.74, 6) is 0.650. The van der Waals surface area contributed by atoms with E-state index in [1.807, 2.05) is 4.90 Å². The number of nitrogens with two attached hydrogens (primary N) is 1. The number of amides is 1. The van der Waals surface area contributed by atoms with Crippen LogP contribution in [0.4, 0.5) is 0 Å². The fourth-order valence-corrected chi connectivity index (χ4v) is 1.96. The van der Waals surface area contributed by atoms with Crippen molar-refractivity contribution >= 4 is 5.91 Å². The Bertz CT molecular complexity index is 186. The summed E-state index contributed by atoms with van der Waals surface area (Å²) in [6, 6.07) is -0.284. The van der Waals surface area contributed by atoms with E-state index in [0.717, 1.165) is 32.4 Å². The van der Waals surface area contributed by atoms with E-state index in [4.69, 9.17) is 5.73 Å². The predicted octanol–water partition coefficient (Wildman–Crippen LogP) is 1.37. The first-order valence-electron chi connectivity index (χ1n) is 5.65. The van der Waals surface area contributed by atoms with E-state index in [9.17, 15) is 4.79 Å². The van der Waals surface area contributed by atoms with Gasteiger partial charge in [0.15, 0.2) is 0 Å². The summed E-state index contributed by atoms with van der Waals surface area (Å²) in [6.07, 6.45) is 4.33. The molecule has 0 spiro atoms. The number of piperidine rings is 1. The Morgan fingerprint density at radius 3 is 2.36 bits per heavy atom. The molecule has 0 aromatic carbocycles. The monoisotopic (exact) mass is 198 g/mol. The second kappa shape index (κ2) is 5.35. The topological polar surface area (TPSA) is 46.3 Å². The molecule has 1 heterocycles. The standard InChI is InChI=1S/C11H22N2O/c1-9(2)8-10(12)11(14)13-6-4-3-5-7-13/h9-10H,3-8,12H2,1-2H3. The number of nitrogens with zero attached hydrogens (tertiary/aromatic N) is 1. The van der Waals surface area contributed by atoms with Crippen molar-refractivity contribution in [3.8, 4) is 0 Å². The Kier molecular flexibility index (Phi) is 4.39. The molecule has 3 nitrogen and oxygen atoms in total. The smallest absolute Gasteiger partial charge is 0.239 e. The maximum Gasteiger partial charge on any atom is 0.239 e. The van der Waals surface area contributed by atoms with Gasteiger partial charge in [-0.3, -0.25) is 4.79 Å². The molecular weight excluding hydrogens is 176 g/mol. The van der Waals surface area contributed by atoms with E-state index in [1.54, 1.807) is 0 Å². The second-order valence-electron chi connectivity index (χ2n) is 4.62. The lowest BCUT2D eigenvalue weighted by Crippen LogP contribution is -2.46. The third-order valence-electron chi connectivity index (χ3n) is 2.71. The summed E-state index contributed by atoms with van der Waals surface area (Å²) in [6.45, 7) is 6.02. The van der Waals surface area contributed by atoms with E-state index in [0.29, 0.717) is 5.92 Å². The molecule has 1 unspecified atom stereocenters. The first-order valence-corrected chi connectivity index (χ1v) is 5.65. The molecule has 1 aliphatic rings. The average Bonchev–Trinajstić information content (AvgIpc) is 2.17. The normalized spacial score (nSPS) is 19.9. The highest BCUT2D eigenvalue weighted by Crippen LogP contribution is 2.12. The number of hydrogen-bond acceptors (Lipinski definition) is 2. The molecule has 0 radical (unpaired) electrons. The van der Waals surface area contributed by atoms with Gasteiger partial charge in [-0.1, -0.05) is 13.8 Å². The van der Waals surface area contributed by atoms with Crippen LogP contribution in [0, 0.1) is 5.92 Å². The Balaban J connectivity index is 2.38. The van der Waals surface area contributed by atoms with Gasteiger partial charge in [-0.2, -0.15) is 0 Å². The molecule has 82 valence electrons. The van der Waals surface area contributed by atoms with E-state index >= 15 is 0 Å². The molecule has 1 atom stereocenters. The van der Waals surface area contributed by atoms with Crippen molar-refractivity contribution in [3.05, 3.63) is 0 Å². The molecule has 2 N–H and O–H groups in total. The van der Waals surface area contributed by atoms with Crippen molar-refractivity contribution in [2.45, 2.75) is 45.6 Å². The quantitative estimate of drug-likeness (QED) is 0.744. The van der Waals surface area contributed by atoms with Crippen LogP contribution in [0.15, 0.2) is 0 Å². The number of carbonyl (C=O) groups is 1. The molecule has 1 amide bonds. The summed E-state index contributed by atoms with van der Waals surface area (Å²) < 4.78 is 0. The van der Waals surface area contributed by atoms with Crippen molar-refractivity contribution in [1.29, 1.82) is 0 Å². The second-order valence-corrected chi connectivity index (χ2v) is 4.62. The highest BCUT2D eigenvalue weighted by molar-refractivity contribution is 5.81. The van der Waals surface area contributed by atoms with Gasteiger partial charge in [0, 0.05) is 13.1 Å². The molecule has 1 saturated heterocycles. The van der Waals surface area contributed by atoms with Crippen molar-refractivity contribution < 1.29 is 4.79 Å². The third-order valence-corrected chi connectivity index (χ3v) is 2.71. The summed E-state index contributed by atoms with van der Waals surface area (Å²) in [5, 5.41) is 0. The maximum absolute atomic E-state index is 11.8. The van der Waals surface area contributed by atoms with E-state index in [-0.39, 0.29) is 11.9 Å². The van der Waals surface area contributed by atoms with E-state index in [1.165, 1.54) is 6.42 Å². The molecule has 3 heteroatoms. The molecule has 0 bridgehead atoms. The third kappa shape index (κ3) is 3.29. The molecule has 14 heavy (non-hydrogen) atoms. The van der Waals surface area contributed by atoms with Gasteiger partial charge in [-0.25, -0.2) is 0 Å². The van der Waals surface area contributed by atoms with Gasteiger partial charge in [0.25, 0.3) is 0 Å². The minimum absolute atomic E-state index is 0.151. The predicted molar refractivity (Wildman–Crippen MR) is 57.9 cm³/mol. The Labute approximate surface area is 86.6 Å². The fraction of sp³-hybridized carbons (Fsp3) is 0.909. The molecule has 1 rings (SSSR count). The lowest BCUT2D eigenvalue weighted by Gasteiger charge is -2.29. The van der Waals surface area contributed by atoms with Crippen LogP contribution < -0.4 is 5.73 Å². The molecule has 1 aliphatic heterocycles. The Morgan fingerprint density at radius 2 is 1.86 bits per heavy atom. The number of carbonyl (C=O) groups excluding carboxylic acids is 1. The van der Waals surface area contributed by atoms with Gasteiger partial charge in [0.05, 0.1) is 6.04 Å². The fourth-order valence-electron chi connectivity index (χ4n) is 1.96. The maximum atomic E-state index is 11.8. The summed E-state index contributed by atoms with van der Waals surface area (Å²) in [7, 11) is 0. The number of rotatable bonds is 3. The molecule has 1 fully saturated rings. The van der Waals surface area contributed by atoms with E-state index in [2.05, 4.69) is 13.8 Å². The van der Waals surface area contributed by atoms with Gasteiger partial charge in [0.1, 0.15) is 0 Å². The molecule has 0 aromatic rings. The summed E-state index contributed by atoms with van der Waals surface area (Å²) in [5.41, 5.74) is 5.86. The van der Waals surface area contributed by atoms with Crippen molar-refractivity contribution in [3.63, 3.8) is 0 Å². The highest BCUT2D eigenvalue weighted by Gasteiger charge is 2.22. The summed E-state index contributed by atoms with van der Waals surface area (Å²) in [4.78, 5) is 13.8. The Hall–Kier alpha value is -0.570. The van der Waals surface area contributed by atoms with Crippen LogP contribution in [-0.4, -0.2) is 29.9 Å². The molecule has 0 aliphatic carbocycles. The molecule has 0 saturated carbocycles. The molecule has 0 aromatic heterocycles. The molecular formula is C11H22N2O. The van der Waals surface area contributed by atoms with Crippen molar-refractivity contribution in [2.24, 2.45) is 11.7 Å². The summed E-state index contributed by atoms with van der Waals surface area (Å²) >= 11 is 0. The SMILES string of the molecule is CC(C)CC(N)C(=O)N1CCCCC1. The zero-order chi connectivity index (χ0) is 10.6. The van der Waals surface area contributed by atoms with Gasteiger partial charge in [-0.15, -0.1) is 0 Å². The largest absolute Gasteiger partial charge is 0.341 e. The van der Waals surface area contributed by atoms with Crippen LogP contribution >= 0.6 is 0 Å². The van der Waals surface area contributed by atoms with Gasteiger partial charge < -0.3 is 10.6 Å². The zero-order valence-electron chi connectivity index (χ0n) is 9.33. The lowest BCUT2D eigenvalue weighted by atomic mass is 10.0. The number of likely N-dealkylation sites (tertiary alicyclic amines) is 1. The van der Waals surface area contributed by atoms with Crippen LogP contribution in [0.2, 0.25) is 0 Å². The zero-order valence-corrected chi connectivity index (χ0v) is 9.33. The Morgan fingerprint density at radius 1 is 1.29 bits per heavy atom. The first kappa shape index (κ1) is 11.5. The van der Waals surface area contributed by atoms with Gasteiger partial charge in [0.2, 0.25) is 5.91 Å². The lowest BCUT2D eigenvalue weighted by molar-refractivity contribution is -0.133. The van der Waals surface area contributed by atoms with Crippen LogP contribution in [0.5, 0.6) is 0 Å². The van der Waals surface area contributed by atoms with Gasteiger partial charge in [-0.05, 0) is 31.6 Å². The van der Waals surface area contributed by atoms with Crippen molar-refractivity contribution in [2.75, 3.05) is 13.1 Å². The highest BCUT2D eigenvalue weighted by atomic mass is 16.2. The number of hydrogen-bond donors (Lipinski definition) is 1. The van der Waals surface area contributed by atoms with Crippen molar-refractivity contribution in [1.82, 2.24) is 4.90 Å². The van der Waals surface area contributed by atoms with Crippen LogP contribution in [0.3, 0.4) is 0 Å². The van der Waals surface area contributed by atoms with Gasteiger partial charge >= 0.3 is 0 Å². The van der Waals surface area contributed by atoms with Crippen LogP contribution in [0.25, 0.3) is 0 Å². The minimum Gasteiger partial charge on any atom is -0.341 e. The van der Waals surface area contributed by atoms with E-state index < -0.39 is 0 Å². The van der Waals surface area contributed by atoms with Crippen LogP contribution in [-0.2, 0) is 4.79 Å². The first-order chi connectivity index (χ1) is 6.61. The minimum atomic E-state index is -0.284.